The molecule has 0 aliphatic heterocycles. The number of esters is 1. The van der Waals surface area contributed by atoms with Gasteiger partial charge in [-0.05, 0) is 37.3 Å². The van der Waals surface area contributed by atoms with E-state index in [0.29, 0.717) is 22.5 Å². The third-order valence-electron chi connectivity index (χ3n) is 3.48. The number of hydrogen-bond acceptors (Lipinski definition) is 5. The molecule has 0 aliphatic carbocycles. The second kappa shape index (κ2) is 7.48. The van der Waals surface area contributed by atoms with Crippen LogP contribution in [0.15, 0.2) is 57.8 Å². The first kappa shape index (κ1) is 17.2. The van der Waals surface area contributed by atoms with Crippen molar-refractivity contribution in [2.24, 2.45) is 0 Å². The minimum absolute atomic E-state index is 0.237. The number of ether oxygens (including phenoxy) is 2. The highest BCUT2D eigenvalue weighted by molar-refractivity contribution is 9.10. The van der Waals surface area contributed by atoms with Gasteiger partial charge < -0.3 is 14.5 Å². The molecule has 0 radical (unpaired) electrons. The summed E-state index contributed by atoms with van der Waals surface area (Å²) in [5, 5.41) is 0.489. The number of rotatable bonds is 5. The predicted octanol–water partition coefficient (Wildman–Crippen LogP) is 3.37. The summed E-state index contributed by atoms with van der Waals surface area (Å²) in [5.41, 5.74) is 0.281. The number of halogens is 1. The van der Waals surface area contributed by atoms with Crippen LogP contribution in [0.5, 0.6) is 5.75 Å². The molecule has 25 heavy (non-hydrogen) atoms. The lowest BCUT2D eigenvalue weighted by molar-refractivity contribution is -0.151. The molecule has 6 nitrogen and oxygen atoms in total. The number of benzene rings is 2. The lowest BCUT2D eigenvalue weighted by Crippen LogP contribution is -2.20. The van der Waals surface area contributed by atoms with Gasteiger partial charge in [0.05, 0.1) is 10.9 Å². The molecular formula is C18H15BrN2O4. The van der Waals surface area contributed by atoms with Gasteiger partial charge in [0, 0.05) is 4.47 Å². The molecule has 0 unspecified atom stereocenters. The van der Waals surface area contributed by atoms with Crippen molar-refractivity contribution < 1.29 is 14.3 Å². The minimum Gasteiger partial charge on any atom is -0.482 e. The quantitative estimate of drug-likeness (QED) is 0.661. The predicted molar refractivity (Wildman–Crippen MR) is 96.5 cm³/mol. The normalized spacial score (nSPS) is 11.9. The Kier molecular flexibility index (Phi) is 5.14. The Hall–Kier alpha value is -2.67. The highest BCUT2D eigenvalue weighted by Crippen LogP contribution is 2.18. The number of para-hydroxylation sites is 1. The Morgan fingerprint density at radius 3 is 2.84 bits per heavy atom. The van der Waals surface area contributed by atoms with Crippen molar-refractivity contribution >= 4 is 32.8 Å². The first-order chi connectivity index (χ1) is 12.0. The van der Waals surface area contributed by atoms with Crippen LogP contribution >= 0.6 is 15.9 Å². The Balaban J connectivity index is 1.66. The lowest BCUT2D eigenvalue weighted by Gasteiger charge is -2.13. The monoisotopic (exact) mass is 402 g/mol. The zero-order valence-corrected chi connectivity index (χ0v) is 14.9. The largest absolute Gasteiger partial charge is 0.482 e. The molecule has 3 aromatic rings. The maximum absolute atomic E-state index is 12.1. The van der Waals surface area contributed by atoms with Gasteiger partial charge in [-0.25, -0.2) is 9.78 Å². The molecule has 1 aromatic heterocycles. The summed E-state index contributed by atoms with van der Waals surface area (Å²) in [6, 6.07) is 14.1. The van der Waals surface area contributed by atoms with Crippen LogP contribution in [0.2, 0.25) is 0 Å². The van der Waals surface area contributed by atoms with Crippen molar-refractivity contribution in [3.8, 4) is 5.75 Å². The van der Waals surface area contributed by atoms with Crippen LogP contribution in [0.25, 0.3) is 10.9 Å². The van der Waals surface area contributed by atoms with Crippen molar-refractivity contribution in [1.29, 1.82) is 0 Å². The molecule has 0 saturated carbocycles. The molecular weight excluding hydrogens is 388 g/mol. The number of aromatic amines is 1. The Labute approximate surface area is 151 Å². The zero-order chi connectivity index (χ0) is 17.8. The Bertz CT molecular complexity index is 970. The standard InChI is InChI=1S/C18H15BrN2O4/c1-11(17-20-15-8-3-2-7-14(15)18(23)21-17)25-16(22)10-24-13-6-4-5-12(19)9-13/h2-9,11H,10H2,1H3,(H,20,21,23)/t11-/m1/s1. The summed E-state index contributed by atoms with van der Waals surface area (Å²) in [6.07, 6.45) is -0.698. The molecule has 0 amide bonds. The lowest BCUT2D eigenvalue weighted by atomic mass is 10.2. The number of fused-ring (bicyclic) bond motifs is 1. The van der Waals surface area contributed by atoms with E-state index in [4.69, 9.17) is 9.47 Å². The fraction of sp³-hybridized carbons (Fsp3) is 0.167. The average Bonchev–Trinajstić information content (AvgIpc) is 2.60. The van der Waals surface area contributed by atoms with Crippen LogP contribution in [-0.4, -0.2) is 22.5 Å². The second-order valence-electron chi connectivity index (χ2n) is 5.35. The number of nitrogens with zero attached hydrogens (tertiary/aromatic N) is 1. The van der Waals surface area contributed by atoms with E-state index in [2.05, 4.69) is 25.9 Å². The van der Waals surface area contributed by atoms with Gasteiger partial charge in [-0.1, -0.05) is 34.1 Å². The van der Waals surface area contributed by atoms with Crippen LogP contribution in [0.4, 0.5) is 0 Å². The average molecular weight is 403 g/mol. The molecule has 2 aromatic carbocycles. The van der Waals surface area contributed by atoms with Crippen molar-refractivity contribution in [1.82, 2.24) is 9.97 Å². The number of hydrogen-bond donors (Lipinski definition) is 1. The molecule has 0 fully saturated rings. The maximum atomic E-state index is 12.1. The molecule has 1 atom stereocenters. The van der Waals surface area contributed by atoms with E-state index in [1.165, 1.54) is 0 Å². The smallest absolute Gasteiger partial charge is 0.344 e. The third-order valence-corrected chi connectivity index (χ3v) is 3.97. The maximum Gasteiger partial charge on any atom is 0.344 e. The van der Waals surface area contributed by atoms with Gasteiger partial charge in [0.2, 0.25) is 0 Å². The molecule has 0 spiro atoms. The van der Waals surface area contributed by atoms with Gasteiger partial charge in [-0.15, -0.1) is 0 Å². The number of nitrogens with one attached hydrogen (secondary N) is 1. The van der Waals surface area contributed by atoms with Gasteiger partial charge in [0.15, 0.2) is 18.5 Å². The van der Waals surface area contributed by atoms with Crippen molar-refractivity contribution in [3.63, 3.8) is 0 Å². The molecule has 0 saturated heterocycles. The van der Waals surface area contributed by atoms with E-state index in [1.54, 1.807) is 49.4 Å². The summed E-state index contributed by atoms with van der Waals surface area (Å²) in [7, 11) is 0. The van der Waals surface area contributed by atoms with Gasteiger partial charge in [0.25, 0.3) is 5.56 Å². The first-order valence-electron chi connectivity index (χ1n) is 7.60. The van der Waals surface area contributed by atoms with Gasteiger partial charge in [-0.2, -0.15) is 0 Å². The molecule has 0 aliphatic rings. The van der Waals surface area contributed by atoms with E-state index in [-0.39, 0.29) is 12.2 Å². The topological polar surface area (TPSA) is 81.3 Å². The zero-order valence-electron chi connectivity index (χ0n) is 13.4. The number of H-pyrrole nitrogens is 1. The molecule has 7 heteroatoms. The van der Waals surface area contributed by atoms with E-state index >= 15 is 0 Å². The SMILES string of the molecule is C[C@@H](OC(=O)COc1cccc(Br)c1)c1nc2ccccc2c(=O)[nH]1. The van der Waals surface area contributed by atoms with Crippen molar-refractivity contribution in [2.75, 3.05) is 6.61 Å². The van der Waals surface area contributed by atoms with Crippen LogP contribution < -0.4 is 10.3 Å². The highest BCUT2D eigenvalue weighted by Gasteiger charge is 2.16. The van der Waals surface area contributed by atoms with Gasteiger partial charge >= 0.3 is 5.97 Å². The van der Waals surface area contributed by atoms with E-state index < -0.39 is 12.1 Å². The summed E-state index contributed by atoms with van der Waals surface area (Å²) >= 11 is 3.33. The second-order valence-corrected chi connectivity index (χ2v) is 6.26. The number of carbonyl (C=O) groups is 1. The highest BCUT2D eigenvalue weighted by atomic mass is 79.9. The minimum atomic E-state index is -0.698. The first-order valence-corrected chi connectivity index (χ1v) is 8.39. The third kappa shape index (κ3) is 4.24. The number of aromatic nitrogens is 2. The molecule has 0 bridgehead atoms. The van der Waals surface area contributed by atoms with E-state index in [0.717, 1.165) is 4.47 Å². The fourth-order valence-electron chi connectivity index (χ4n) is 2.28. The Morgan fingerprint density at radius 1 is 1.24 bits per heavy atom. The molecule has 128 valence electrons. The van der Waals surface area contributed by atoms with E-state index in [1.807, 2.05) is 6.07 Å². The summed E-state index contributed by atoms with van der Waals surface area (Å²) in [5.74, 6) is 0.291. The summed E-state index contributed by atoms with van der Waals surface area (Å²) in [6.45, 7) is 1.41. The fourth-order valence-corrected chi connectivity index (χ4v) is 2.66. The van der Waals surface area contributed by atoms with Crippen LogP contribution in [-0.2, 0) is 9.53 Å². The summed E-state index contributed by atoms with van der Waals surface area (Å²) < 4.78 is 11.5. The van der Waals surface area contributed by atoms with Crippen LogP contribution in [0.1, 0.15) is 18.9 Å². The number of carbonyl (C=O) groups excluding carboxylic acids is 1. The van der Waals surface area contributed by atoms with Gasteiger partial charge in [-0.3, -0.25) is 4.79 Å². The molecule has 1 N–H and O–H groups in total. The van der Waals surface area contributed by atoms with E-state index in [9.17, 15) is 9.59 Å². The van der Waals surface area contributed by atoms with Crippen molar-refractivity contribution in [3.05, 3.63) is 69.2 Å². The van der Waals surface area contributed by atoms with Crippen LogP contribution in [0, 0.1) is 0 Å². The molecule has 1 heterocycles. The molecule has 3 rings (SSSR count). The Morgan fingerprint density at radius 2 is 2.04 bits per heavy atom. The van der Waals surface area contributed by atoms with Gasteiger partial charge in [0.1, 0.15) is 5.75 Å². The van der Waals surface area contributed by atoms with Crippen LogP contribution in [0.3, 0.4) is 0 Å². The summed E-state index contributed by atoms with van der Waals surface area (Å²) in [4.78, 5) is 31.0. The van der Waals surface area contributed by atoms with Crippen molar-refractivity contribution in [2.45, 2.75) is 13.0 Å².